The first kappa shape index (κ1) is 75.1. The highest BCUT2D eigenvalue weighted by atomic mass is 32.2. The SMILES string of the molecule is CCN(CC)c1ccc2c(-c3ccc(S(=O)(=O)CCCCCCCCCCCCNC(=O)NCCCC[C@H](NC(=O)Cc4csc(=N)n4C)C(=O)N[C@@H](Cc4c[n+](Cc5ccccc5)cn4C)C(=O)NC4CCN(C)CC4)cc3S(=O)(=O)[O-])c3ccc(=[N+](CC)CC)cc-3oc2c1. The molecule has 3 aromatic carbocycles. The molecule has 6 N–H and O–H groups in total. The van der Waals surface area contributed by atoms with E-state index >= 15 is 0 Å². The maximum absolute atomic E-state index is 14.4. The smallest absolute Gasteiger partial charge is 0.314 e. The van der Waals surface area contributed by atoms with Gasteiger partial charge < -0.3 is 49.9 Å². The summed E-state index contributed by atoms with van der Waals surface area (Å²) in [6, 6.07) is 23.2. The van der Waals surface area contributed by atoms with Crippen molar-refractivity contribution in [2.24, 2.45) is 14.1 Å². The van der Waals surface area contributed by atoms with Crippen molar-refractivity contribution in [3.8, 4) is 22.5 Å². The Hall–Kier alpha value is -7.71. The Labute approximate surface area is 576 Å². The third kappa shape index (κ3) is 21.4. The number of anilines is 1. The number of likely N-dealkylation sites (tertiary alicyclic amines) is 1. The molecule has 2 atom stereocenters. The fraction of sp³-hybridized carbons (Fsp3) is 0.514. The second kappa shape index (κ2) is 36.2. The normalized spacial score (nSPS) is 13.7. The average Bonchev–Trinajstić information content (AvgIpc) is 1.31. The first-order valence-electron chi connectivity index (χ1n) is 34.6. The summed E-state index contributed by atoms with van der Waals surface area (Å²) >= 11 is 1.22. The Morgan fingerprint density at radius 3 is 2.03 bits per heavy atom. The Morgan fingerprint density at radius 1 is 0.742 bits per heavy atom. The lowest BCUT2D eigenvalue weighted by Gasteiger charge is -2.31. The summed E-state index contributed by atoms with van der Waals surface area (Å²) in [7, 11) is -3.40. The number of hydrogen-bond acceptors (Lipinski definition) is 14. The van der Waals surface area contributed by atoms with Crippen molar-refractivity contribution < 1.29 is 49.6 Å². The van der Waals surface area contributed by atoms with Crippen molar-refractivity contribution in [3.63, 3.8) is 0 Å². The molecule has 2 aromatic heterocycles. The van der Waals surface area contributed by atoms with Gasteiger partial charge in [0, 0.05) is 96.7 Å². The maximum Gasteiger partial charge on any atom is 0.314 e. The standard InChI is InChI=1S/C72H100N12O10S3/c1-8-83(9-2)54-30-33-59-64(44-54)94-65-45-55(84(10-3)11-4)31-34-60(65)68(59)61-35-32-58(47-66(61)97(91,92)93)96(89,90)42-26-19-17-15-13-12-14-16-18-24-38-74-72(88)75-39-25-23-29-62(77-67(85)46-57-50-95-71(73)81(57)7)69(86)78-63(70(87)76-53-36-40-79(5)41-37-53)43-56-49-82(51-80(56)6)48-52-27-21-20-22-28-52/h20-22,27-28,30-35,44-45,47,49-51,53,62-63,73H,8-19,23-26,29,36-43,46,48H2,1-7H3,(H4-2,74,75,76,77,78,85,86,87,88,91,92,93)/p+1/t62-,63-/m0/s1. The minimum atomic E-state index is -5.16. The van der Waals surface area contributed by atoms with E-state index in [4.69, 9.17) is 9.83 Å². The lowest BCUT2D eigenvalue weighted by Crippen LogP contribution is -2.56. The van der Waals surface area contributed by atoms with Crippen LogP contribution in [-0.2, 0) is 67.8 Å². The van der Waals surface area contributed by atoms with Crippen LogP contribution in [0.25, 0.3) is 33.4 Å². The molecule has 8 rings (SSSR count). The van der Waals surface area contributed by atoms with Crippen LogP contribution in [0.1, 0.15) is 141 Å². The molecular formula is C72H101N12O10S3+. The zero-order valence-corrected chi connectivity index (χ0v) is 60.1. The number of thiazole rings is 1. The van der Waals surface area contributed by atoms with Crippen molar-refractivity contribution in [2.75, 3.05) is 70.1 Å². The van der Waals surface area contributed by atoms with E-state index in [-0.39, 0.29) is 59.4 Å². The van der Waals surface area contributed by atoms with Crippen molar-refractivity contribution >= 4 is 71.7 Å². The lowest BCUT2D eigenvalue weighted by atomic mass is 9.93. The topological polar surface area (TPSA) is 280 Å². The number of hydrogen-bond donors (Lipinski definition) is 6. The van der Waals surface area contributed by atoms with Gasteiger partial charge >= 0.3 is 6.03 Å². The molecule has 0 radical (unpaired) electrons. The van der Waals surface area contributed by atoms with Gasteiger partial charge in [0.05, 0.1) is 35.1 Å². The van der Waals surface area contributed by atoms with Crippen LogP contribution in [0.15, 0.2) is 117 Å². The zero-order valence-electron chi connectivity index (χ0n) is 57.6. The quantitative estimate of drug-likeness (QED) is 0.00932. The van der Waals surface area contributed by atoms with Crippen LogP contribution in [0.5, 0.6) is 0 Å². The van der Waals surface area contributed by atoms with Crippen LogP contribution in [0.4, 0.5) is 10.5 Å². The van der Waals surface area contributed by atoms with E-state index in [1.54, 1.807) is 17.0 Å². The number of fused-ring (bicyclic) bond motifs is 2. The maximum atomic E-state index is 14.4. The van der Waals surface area contributed by atoms with Crippen LogP contribution < -0.4 is 50.8 Å². The predicted molar refractivity (Wildman–Crippen MR) is 380 cm³/mol. The second-order valence-electron chi connectivity index (χ2n) is 25.6. The monoisotopic (exact) mass is 1390 g/mol. The number of nitrogens with zero attached hydrogens (tertiary/aromatic N) is 6. The molecule has 1 fully saturated rings. The number of carbonyl (C=O) groups is 4. The molecule has 0 spiro atoms. The number of piperidine rings is 1. The fourth-order valence-electron chi connectivity index (χ4n) is 12.8. The molecule has 1 aliphatic carbocycles. The first-order valence-corrected chi connectivity index (χ1v) is 38.6. The zero-order chi connectivity index (χ0) is 69.7. The van der Waals surface area contributed by atoms with E-state index in [1.807, 2.05) is 78.7 Å². The molecular weight excluding hydrogens is 1290 g/mol. The molecule has 1 saturated heterocycles. The number of imidazole rings is 1. The Bertz CT molecular complexity index is 4110. The van der Waals surface area contributed by atoms with Crippen LogP contribution in [0.3, 0.4) is 0 Å². The molecule has 25 heteroatoms. The van der Waals surface area contributed by atoms with Crippen molar-refractivity contribution in [2.45, 2.75) is 171 Å². The minimum Gasteiger partial charge on any atom is -0.744 e. The van der Waals surface area contributed by atoms with Crippen LogP contribution in [0.2, 0.25) is 0 Å². The number of carbonyl (C=O) groups excluding carboxylic acids is 4. The summed E-state index contributed by atoms with van der Waals surface area (Å²) in [4.78, 5) is 58.8. The van der Waals surface area contributed by atoms with Gasteiger partial charge in [-0.15, -0.1) is 11.3 Å². The molecule has 3 aliphatic rings. The number of nitrogens with one attached hydrogen (secondary N) is 6. The summed E-state index contributed by atoms with van der Waals surface area (Å²) in [5.41, 5.74) is 5.22. The molecule has 0 saturated carbocycles. The number of rotatable bonds is 37. The minimum absolute atomic E-state index is 0.0308. The van der Waals surface area contributed by atoms with Crippen molar-refractivity contribution in [1.82, 2.24) is 45.2 Å². The number of aromatic nitrogens is 3. The molecule has 0 bridgehead atoms. The number of sulfone groups is 1. The summed E-state index contributed by atoms with van der Waals surface area (Å²) in [6.07, 6.45) is 15.7. The van der Waals surface area contributed by atoms with Crippen molar-refractivity contribution in [1.29, 1.82) is 5.41 Å². The summed E-state index contributed by atoms with van der Waals surface area (Å²) in [6.45, 7) is 14.5. The van der Waals surface area contributed by atoms with Crippen LogP contribution in [0, 0.1) is 5.41 Å². The molecule has 22 nitrogen and oxygen atoms in total. The van der Waals surface area contributed by atoms with E-state index in [0.717, 1.165) is 132 Å². The molecule has 2 aliphatic heterocycles. The highest BCUT2D eigenvalue weighted by Gasteiger charge is 2.32. The largest absolute Gasteiger partial charge is 0.744 e. The number of aryl methyl sites for hydroxylation is 1. The van der Waals surface area contributed by atoms with Gasteiger partial charge in [-0.05, 0) is 129 Å². The van der Waals surface area contributed by atoms with Gasteiger partial charge in [0.2, 0.25) is 29.4 Å². The number of amides is 5. The van der Waals surface area contributed by atoms with Gasteiger partial charge in [-0.3, -0.25) is 19.8 Å². The second-order valence-corrected chi connectivity index (χ2v) is 29.9. The molecule has 5 aromatic rings. The van der Waals surface area contributed by atoms with Crippen LogP contribution in [-0.4, -0.2) is 142 Å². The molecule has 5 amide bonds. The van der Waals surface area contributed by atoms with E-state index in [0.29, 0.717) is 83.7 Å². The van der Waals surface area contributed by atoms with Gasteiger partial charge in [0.15, 0.2) is 14.6 Å². The molecule has 4 heterocycles. The Balaban J connectivity index is 0.755. The molecule has 526 valence electrons. The van der Waals surface area contributed by atoms with E-state index in [1.165, 1.54) is 23.5 Å². The highest BCUT2D eigenvalue weighted by molar-refractivity contribution is 7.91. The Kier molecular flexibility index (Phi) is 28.0. The first-order chi connectivity index (χ1) is 46.6. The van der Waals surface area contributed by atoms with Crippen LogP contribution >= 0.6 is 11.3 Å². The van der Waals surface area contributed by atoms with E-state index in [9.17, 15) is 40.6 Å². The Morgan fingerprint density at radius 2 is 1.39 bits per heavy atom. The van der Waals surface area contributed by atoms with Gasteiger partial charge in [0.25, 0.3) is 0 Å². The molecule has 97 heavy (non-hydrogen) atoms. The summed E-state index contributed by atoms with van der Waals surface area (Å²) in [5.74, 6) is -0.831. The van der Waals surface area contributed by atoms with Crippen molar-refractivity contribution in [3.05, 3.63) is 130 Å². The third-order valence-electron chi connectivity index (χ3n) is 18.6. The van der Waals surface area contributed by atoms with Gasteiger partial charge in [-0.2, -0.15) is 0 Å². The average molecular weight is 1390 g/mol. The number of benzene rings is 4. The lowest BCUT2D eigenvalue weighted by molar-refractivity contribution is -0.688. The van der Waals surface area contributed by atoms with Gasteiger partial charge in [-0.25, -0.2) is 35.3 Å². The highest BCUT2D eigenvalue weighted by Crippen LogP contribution is 2.44. The number of unbranched alkanes of at least 4 members (excludes halogenated alkanes) is 10. The summed E-state index contributed by atoms with van der Waals surface area (Å²) in [5, 5.41) is 26.4. The fourth-order valence-corrected chi connectivity index (χ4v) is 15.8. The predicted octanol–water partition coefficient (Wildman–Crippen LogP) is 8.13. The van der Waals surface area contributed by atoms with Gasteiger partial charge in [0.1, 0.15) is 65.1 Å². The third-order valence-corrected chi connectivity index (χ3v) is 22.1. The summed E-state index contributed by atoms with van der Waals surface area (Å²) < 4.78 is 81.3. The van der Waals surface area contributed by atoms with Gasteiger partial charge in [-0.1, -0.05) is 87.8 Å². The molecule has 0 unspecified atom stereocenters. The van der Waals surface area contributed by atoms with E-state index in [2.05, 4.69) is 92.4 Å². The number of urea groups is 1. The van der Waals surface area contributed by atoms with E-state index < -0.39 is 42.8 Å².